The Balaban J connectivity index is 1.63. The Bertz CT molecular complexity index is 1150. The van der Waals surface area contributed by atoms with E-state index in [-0.39, 0.29) is 28.8 Å². The van der Waals surface area contributed by atoms with Crippen molar-refractivity contribution in [3.63, 3.8) is 0 Å². The van der Waals surface area contributed by atoms with Gasteiger partial charge in [0.25, 0.3) is 0 Å². The van der Waals surface area contributed by atoms with Crippen LogP contribution in [0.25, 0.3) is 11.4 Å². The van der Waals surface area contributed by atoms with Gasteiger partial charge in [-0.1, -0.05) is 23.2 Å². The molecule has 1 aromatic heterocycles. The summed E-state index contributed by atoms with van der Waals surface area (Å²) in [6, 6.07) is 10.3. The summed E-state index contributed by atoms with van der Waals surface area (Å²) in [7, 11) is -3.81. The molecule has 28 heavy (non-hydrogen) atoms. The van der Waals surface area contributed by atoms with Gasteiger partial charge in [-0.3, -0.25) is 0 Å². The predicted octanol–water partition coefficient (Wildman–Crippen LogP) is 4.34. The Hall–Kier alpha value is -2.06. The molecule has 1 aliphatic heterocycles. The molecule has 1 aliphatic rings. The molecule has 0 aliphatic carbocycles. The monoisotopic (exact) mass is 437 g/mol. The van der Waals surface area contributed by atoms with Crippen molar-refractivity contribution < 1.29 is 12.8 Å². The zero-order chi connectivity index (χ0) is 19.9. The second-order valence-corrected chi connectivity index (χ2v) is 9.09. The predicted molar refractivity (Wildman–Crippen MR) is 105 cm³/mol. The lowest BCUT2D eigenvalue weighted by Gasteiger charge is -2.27. The first-order valence-electron chi connectivity index (χ1n) is 8.40. The minimum atomic E-state index is -3.81. The van der Waals surface area contributed by atoms with Crippen LogP contribution in [0, 0.1) is 5.82 Å². The van der Waals surface area contributed by atoms with Crippen LogP contribution < -0.4 is 0 Å². The normalized spacial score (nSPS) is 14.7. The zero-order valence-corrected chi connectivity index (χ0v) is 16.8. The van der Waals surface area contributed by atoms with E-state index in [0.717, 1.165) is 11.3 Å². The number of rotatable bonds is 3. The Kier molecular flexibility index (Phi) is 5.09. The van der Waals surface area contributed by atoms with E-state index in [1.54, 1.807) is 24.4 Å². The molecule has 0 unspecified atom stereocenters. The standard InChI is InChI=1S/C19H14Cl2FN3O2S/c20-14-3-6-16(21)18(9-14)28(26,27)25-8-7-17-13(11-25)10-23-19(24-17)12-1-4-15(22)5-2-12/h1-6,9-10H,7-8,11H2. The average Bonchev–Trinajstić information content (AvgIpc) is 2.69. The number of nitrogens with zero attached hydrogens (tertiary/aromatic N) is 3. The molecule has 0 fully saturated rings. The maximum atomic E-state index is 13.1. The minimum Gasteiger partial charge on any atom is -0.236 e. The topological polar surface area (TPSA) is 63.2 Å². The van der Waals surface area contributed by atoms with Crippen molar-refractivity contribution in [2.75, 3.05) is 6.54 Å². The fourth-order valence-electron chi connectivity index (χ4n) is 3.05. The molecule has 4 rings (SSSR count). The Morgan fingerprint density at radius 2 is 1.82 bits per heavy atom. The Morgan fingerprint density at radius 3 is 2.57 bits per heavy atom. The lowest BCUT2D eigenvalue weighted by atomic mass is 10.1. The van der Waals surface area contributed by atoms with Crippen LogP contribution >= 0.6 is 23.2 Å². The minimum absolute atomic E-state index is 0.0195. The van der Waals surface area contributed by atoms with E-state index >= 15 is 0 Å². The number of aromatic nitrogens is 2. The molecular formula is C19H14Cl2FN3O2S. The van der Waals surface area contributed by atoms with Crippen LogP contribution in [0.1, 0.15) is 11.3 Å². The first-order chi connectivity index (χ1) is 13.3. The Morgan fingerprint density at radius 1 is 1.07 bits per heavy atom. The number of hydrogen-bond acceptors (Lipinski definition) is 4. The molecule has 0 radical (unpaired) electrons. The fraction of sp³-hybridized carbons (Fsp3) is 0.158. The maximum absolute atomic E-state index is 13.1. The summed E-state index contributed by atoms with van der Waals surface area (Å²) in [5.74, 6) is 0.148. The molecule has 0 bridgehead atoms. The quantitative estimate of drug-likeness (QED) is 0.611. The van der Waals surface area contributed by atoms with E-state index in [4.69, 9.17) is 23.2 Å². The van der Waals surface area contributed by atoms with Gasteiger partial charge in [0.15, 0.2) is 5.82 Å². The van der Waals surface area contributed by atoms with Gasteiger partial charge in [-0.2, -0.15) is 4.31 Å². The van der Waals surface area contributed by atoms with Gasteiger partial charge in [0.2, 0.25) is 10.0 Å². The zero-order valence-electron chi connectivity index (χ0n) is 14.4. The molecule has 2 aromatic carbocycles. The van der Waals surface area contributed by atoms with Crippen LogP contribution in [0.3, 0.4) is 0 Å². The van der Waals surface area contributed by atoms with Crippen LogP contribution in [0.4, 0.5) is 4.39 Å². The van der Waals surface area contributed by atoms with Crippen molar-refractivity contribution in [3.8, 4) is 11.4 Å². The summed E-state index contributed by atoms with van der Waals surface area (Å²) in [6.45, 7) is 0.405. The van der Waals surface area contributed by atoms with E-state index in [2.05, 4.69) is 9.97 Å². The number of halogens is 3. The van der Waals surface area contributed by atoms with Gasteiger partial charge in [-0.25, -0.2) is 22.8 Å². The fourth-order valence-corrected chi connectivity index (χ4v) is 5.20. The number of benzene rings is 2. The highest BCUT2D eigenvalue weighted by Crippen LogP contribution is 2.31. The Labute approximate surface area is 171 Å². The second-order valence-electron chi connectivity index (χ2n) is 6.34. The van der Waals surface area contributed by atoms with Crippen LogP contribution in [-0.2, 0) is 23.0 Å². The van der Waals surface area contributed by atoms with E-state index in [1.807, 2.05) is 0 Å². The maximum Gasteiger partial charge on any atom is 0.244 e. The van der Waals surface area contributed by atoms with Crippen molar-refractivity contribution in [2.45, 2.75) is 17.9 Å². The third-order valence-electron chi connectivity index (χ3n) is 4.51. The molecule has 0 N–H and O–H groups in total. The molecule has 0 spiro atoms. The number of hydrogen-bond donors (Lipinski definition) is 0. The molecule has 3 aromatic rings. The van der Waals surface area contributed by atoms with Gasteiger partial charge in [-0.05, 0) is 42.5 Å². The SMILES string of the molecule is O=S(=O)(c1cc(Cl)ccc1Cl)N1CCc2nc(-c3ccc(F)cc3)ncc2C1. The van der Waals surface area contributed by atoms with E-state index < -0.39 is 10.0 Å². The molecule has 0 saturated carbocycles. The lowest BCUT2D eigenvalue weighted by molar-refractivity contribution is 0.387. The van der Waals surface area contributed by atoms with Gasteiger partial charge in [0.1, 0.15) is 10.7 Å². The van der Waals surface area contributed by atoms with Gasteiger partial charge in [0.05, 0.1) is 10.7 Å². The summed E-state index contributed by atoms with van der Waals surface area (Å²) in [5.41, 5.74) is 2.20. The van der Waals surface area contributed by atoms with Crippen LogP contribution in [-0.4, -0.2) is 29.2 Å². The summed E-state index contributed by atoms with van der Waals surface area (Å²) in [6.07, 6.45) is 2.05. The molecule has 0 atom stereocenters. The van der Waals surface area contributed by atoms with Gasteiger partial charge < -0.3 is 0 Å². The first-order valence-corrected chi connectivity index (χ1v) is 10.6. The largest absolute Gasteiger partial charge is 0.244 e. The van der Waals surface area contributed by atoms with Crippen molar-refractivity contribution in [2.24, 2.45) is 0 Å². The molecule has 2 heterocycles. The van der Waals surface area contributed by atoms with Crippen LogP contribution in [0.5, 0.6) is 0 Å². The van der Waals surface area contributed by atoms with Crippen LogP contribution in [0.2, 0.25) is 10.0 Å². The lowest BCUT2D eigenvalue weighted by Crippen LogP contribution is -2.36. The number of sulfonamides is 1. The van der Waals surface area contributed by atoms with E-state index in [9.17, 15) is 12.8 Å². The average molecular weight is 438 g/mol. The molecular weight excluding hydrogens is 424 g/mol. The smallest absolute Gasteiger partial charge is 0.236 e. The molecule has 0 saturated heterocycles. The highest BCUT2D eigenvalue weighted by Gasteiger charge is 2.31. The van der Waals surface area contributed by atoms with Gasteiger partial charge >= 0.3 is 0 Å². The summed E-state index contributed by atoms with van der Waals surface area (Å²) in [5, 5.41) is 0.422. The first kappa shape index (κ1) is 19.3. The molecule has 144 valence electrons. The second kappa shape index (κ2) is 7.40. The highest BCUT2D eigenvalue weighted by molar-refractivity contribution is 7.89. The molecule has 0 amide bonds. The van der Waals surface area contributed by atoms with Gasteiger partial charge in [-0.15, -0.1) is 0 Å². The van der Waals surface area contributed by atoms with Crippen molar-refractivity contribution >= 4 is 33.2 Å². The molecule has 9 heteroatoms. The van der Waals surface area contributed by atoms with Crippen LogP contribution in [0.15, 0.2) is 53.6 Å². The summed E-state index contributed by atoms with van der Waals surface area (Å²) in [4.78, 5) is 8.82. The third kappa shape index (κ3) is 3.63. The number of fused-ring (bicyclic) bond motifs is 1. The summed E-state index contributed by atoms with van der Waals surface area (Å²) >= 11 is 12.0. The van der Waals surface area contributed by atoms with Crippen molar-refractivity contribution in [1.82, 2.24) is 14.3 Å². The highest BCUT2D eigenvalue weighted by atomic mass is 35.5. The van der Waals surface area contributed by atoms with E-state index in [0.29, 0.717) is 22.8 Å². The van der Waals surface area contributed by atoms with E-state index in [1.165, 1.54) is 28.6 Å². The van der Waals surface area contributed by atoms with Gasteiger partial charge in [0, 0.05) is 41.9 Å². The van der Waals surface area contributed by atoms with Crippen molar-refractivity contribution in [1.29, 1.82) is 0 Å². The molecule has 5 nitrogen and oxygen atoms in total. The van der Waals surface area contributed by atoms with Crippen molar-refractivity contribution in [3.05, 3.63) is 75.8 Å². The summed E-state index contributed by atoms with van der Waals surface area (Å²) < 4.78 is 40.4. The third-order valence-corrected chi connectivity index (χ3v) is 7.07.